The summed E-state index contributed by atoms with van der Waals surface area (Å²) in [6.45, 7) is 2.13. The summed E-state index contributed by atoms with van der Waals surface area (Å²) in [4.78, 5) is 0. The lowest BCUT2D eigenvalue weighted by molar-refractivity contribution is -0.346. The molecule has 0 heterocycles. The van der Waals surface area contributed by atoms with Crippen molar-refractivity contribution < 1.29 is 22.6 Å². The minimum atomic E-state index is -4.52. The van der Waals surface area contributed by atoms with Crippen molar-refractivity contribution in [3.05, 3.63) is 24.0 Å². The van der Waals surface area contributed by atoms with Crippen molar-refractivity contribution in [3.8, 4) is 0 Å². The van der Waals surface area contributed by atoms with E-state index < -0.39 is 12.5 Å². The summed E-state index contributed by atoms with van der Waals surface area (Å²) in [7, 11) is 0. The van der Waals surface area contributed by atoms with Crippen molar-refractivity contribution >= 4 is 0 Å². The molecule has 0 amide bonds. The first-order valence-electron chi connectivity index (χ1n) is 6.72. The van der Waals surface area contributed by atoms with E-state index >= 15 is 0 Å². The third-order valence-corrected chi connectivity index (χ3v) is 3.50. The van der Waals surface area contributed by atoms with Crippen LogP contribution in [0.4, 0.5) is 13.2 Å². The van der Waals surface area contributed by atoms with E-state index in [1.807, 2.05) is 12.2 Å². The maximum atomic E-state index is 12.1. The van der Waals surface area contributed by atoms with Gasteiger partial charge in [0.05, 0.1) is 12.2 Å². The van der Waals surface area contributed by atoms with Gasteiger partial charge in [-0.2, -0.15) is 0 Å². The van der Waals surface area contributed by atoms with Gasteiger partial charge in [-0.05, 0) is 50.2 Å². The highest BCUT2D eigenvalue weighted by Crippen LogP contribution is 2.30. The van der Waals surface area contributed by atoms with Crippen LogP contribution in [-0.2, 0) is 9.47 Å². The van der Waals surface area contributed by atoms with Gasteiger partial charge in [-0.15, -0.1) is 13.2 Å². The number of hydrogen-bond acceptors (Lipinski definition) is 2. The van der Waals surface area contributed by atoms with E-state index in [2.05, 4.69) is 17.7 Å². The van der Waals surface area contributed by atoms with Crippen LogP contribution in [0, 0.1) is 5.92 Å². The van der Waals surface area contributed by atoms with Crippen molar-refractivity contribution in [2.24, 2.45) is 5.92 Å². The van der Waals surface area contributed by atoms with Crippen LogP contribution in [0.15, 0.2) is 24.0 Å². The molecule has 0 N–H and O–H groups in total. The van der Waals surface area contributed by atoms with Crippen molar-refractivity contribution in [1.82, 2.24) is 0 Å². The lowest BCUT2D eigenvalue weighted by Gasteiger charge is -2.30. The molecule has 2 rings (SSSR count). The summed E-state index contributed by atoms with van der Waals surface area (Å²) >= 11 is 0. The highest BCUT2D eigenvalue weighted by molar-refractivity contribution is 5.18. The zero-order valence-electron chi connectivity index (χ0n) is 11.0. The summed E-state index contributed by atoms with van der Waals surface area (Å²) < 4.78 is 46.1. The first-order valence-corrected chi connectivity index (χ1v) is 6.72. The summed E-state index contributed by atoms with van der Waals surface area (Å²) in [5, 5.41) is 0. The van der Waals surface area contributed by atoms with E-state index in [9.17, 15) is 13.2 Å². The van der Waals surface area contributed by atoms with Gasteiger partial charge in [-0.1, -0.05) is 13.0 Å². The molecular formula is C14H19F3O2. The molecule has 19 heavy (non-hydrogen) atoms. The highest BCUT2D eigenvalue weighted by atomic mass is 19.4. The Bertz CT molecular complexity index is 352. The Labute approximate surface area is 111 Å². The molecule has 0 bridgehead atoms. The van der Waals surface area contributed by atoms with Crippen LogP contribution >= 0.6 is 0 Å². The van der Waals surface area contributed by atoms with Gasteiger partial charge in [-0.3, -0.25) is 4.74 Å². The van der Waals surface area contributed by atoms with Crippen molar-refractivity contribution in [3.63, 3.8) is 0 Å². The van der Waals surface area contributed by atoms with Gasteiger partial charge < -0.3 is 4.74 Å². The minimum absolute atomic E-state index is 0.0115. The van der Waals surface area contributed by atoms with Crippen LogP contribution in [-0.4, -0.2) is 18.6 Å². The van der Waals surface area contributed by atoms with E-state index in [0.717, 1.165) is 12.2 Å². The molecule has 2 aliphatic carbocycles. The van der Waals surface area contributed by atoms with Crippen LogP contribution in [0.5, 0.6) is 0 Å². The van der Waals surface area contributed by atoms with Gasteiger partial charge in [0.1, 0.15) is 5.76 Å². The molecule has 0 aromatic rings. The van der Waals surface area contributed by atoms with Gasteiger partial charge >= 0.3 is 6.36 Å². The molecule has 1 unspecified atom stereocenters. The molecule has 1 saturated carbocycles. The molecule has 0 aromatic heterocycles. The average Bonchev–Trinajstić information content (AvgIpc) is 2.33. The highest BCUT2D eigenvalue weighted by Gasteiger charge is 2.35. The minimum Gasteiger partial charge on any atom is -0.491 e. The largest absolute Gasteiger partial charge is 0.522 e. The Morgan fingerprint density at radius 3 is 2.26 bits per heavy atom. The summed E-state index contributed by atoms with van der Waals surface area (Å²) in [6.07, 6.45) is 3.84. The Kier molecular flexibility index (Phi) is 4.55. The zero-order chi connectivity index (χ0) is 13.9. The van der Waals surface area contributed by atoms with Crippen molar-refractivity contribution in [2.45, 2.75) is 57.6 Å². The maximum Gasteiger partial charge on any atom is 0.522 e. The van der Waals surface area contributed by atoms with Gasteiger partial charge in [0.2, 0.25) is 0 Å². The van der Waals surface area contributed by atoms with Crippen LogP contribution in [0.3, 0.4) is 0 Å². The van der Waals surface area contributed by atoms with Crippen LogP contribution in [0.1, 0.15) is 39.0 Å². The second kappa shape index (κ2) is 5.99. The third kappa shape index (κ3) is 4.90. The van der Waals surface area contributed by atoms with E-state index in [1.165, 1.54) is 0 Å². The van der Waals surface area contributed by atoms with E-state index in [1.54, 1.807) is 0 Å². The summed E-state index contributed by atoms with van der Waals surface area (Å²) in [6, 6.07) is 0. The molecule has 0 spiro atoms. The standard InChI is InChI=1S/C14H19F3O2/c1-10-2-4-11(5-3-10)18-12-6-8-13(9-7-12)19-14(15,16)17/h2,4-5,10,12-13H,3,6-9H2,1H3. The van der Waals surface area contributed by atoms with Crippen molar-refractivity contribution in [2.75, 3.05) is 0 Å². The van der Waals surface area contributed by atoms with E-state index in [4.69, 9.17) is 4.74 Å². The lowest BCUT2D eigenvalue weighted by atomic mass is 9.94. The number of alkyl halides is 3. The molecular weight excluding hydrogens is 257 g/mol. The quantitative estimate of drug-likeness (QED) is 0.763. The molecule has 0 saturated heterocycles. The molecule has 0 radical (unpaired) electrons. The monoisotopic (exact) mass is 276 g/mol. The smallest absolute Gasteiger partial charge is 0.491 e. The van der Waals surface area contributed by atoms with Crippen LogP contribution in [0.2, 0.25) is 0 Å². The van der Waals surface area contributed by atoms with Crippen molar-refractivity contribution in [1.29, 1.82) is 0 Å². The van der Waals surface area contributed by atoms with Crippen LogP contribution < -0.4 is 0 Å². The predicted molar refractivity (Wildman–Crippen MR) is 65.3 cm³/mol. The number of allylic oxidation sites excluding steroid dienone is 3. The average molecular weight is 276 g/mol. The fourth-order valence-electron chi connectivity index (χ4n) is 2.44. The zero-order valence-corrected chi connectivity index (χ0v) is 11.0. The molecule has 0 aromatic carbocycles. The Hall–Kier alpha value is -0.970. The van der Waals surface area contributed by atoms with E-state index in [0.29, 0.717) is 31.6 Å². The SMILES string of the molecule is CC1C=CC(OC2CCC(OC(F)(F)F)CC2)=CC1. The Morgan fingerprint density at radius 2 is 1.74 bits per heavy atom. The molecule has 2 nitrogen and oxygen atoms in total. The molecule has 108 valence electrons. The fraction of sp³-hybridized carbons (Fsp3) is 0.714. The fourth-order valence-corrected chi connectivity index (χ4v) is 2.44. The second-order valence-electron chi connectivity index (χ2n) is 5.26. The topological polar surface area (TPSA) is 18.5 Å². The van der Waals surface area contributed by atoms with Gasteiger partial charge in [0.15, 0.2) is 0 Å². The van der Waals surface area contributed by atoms with Gasteiger partial charge in [-0.25, -0.2) is 0 Å². The number of hydrogen-bond donors (Lipinski definition) is 0. The first kappa shape index (κ1) is 14.4. The maximum absolute atomic E-state index is 12.1. The Balaban J connectivity index is 1.73. The normalized spacial score (nSPS) is 32.0. The first-order chi connectivity index (χ1) is 8.92. The predicted octanol–water partition coefficient (Wildman–Crippen LogP) is 4.33. The number of rotatable bonds is 3. The number of ether oxygens (including phenoxy) is 2. The van der Waals surface area contributed by atoms with Gasteiger partial charge in [0, 0.05) is 0 Å². The third-order valence-electron chi connectivity index (χ3n) is 3.50. The lowest BCUT2D eigenvalue weighted by Crippen LogP contribution is -2.30. The van der Waals surface area contributed by atoms with E-state index in [-0.39, 0.29) is 6.10 Å². The molecule has 0 aliphatic heterocycles. The van der Waals surface area contributed by atoms with Gasteiger partial charge in [0.25, 0.3) is 0 Å². The second-order valence-corrected chi connectivity index (χ2v) is 5.26. The Morgan fingerprint density at radius 1 is 1.11 bits per heavy atom. The molecule has 1 fully saturated rings. The molecule has 5 heteroatoms. The molecule has 2 aliphatic rings. The number of halogens is 3. The molecule has 1 atom stereocenters. The summed E-state index contributed by atoms with van der Waals surface area (Å²) in [5.74, 6) is 1.38. The van der Waals surface area contributed by atoms with Crippen LogP contribution in [0.25, 0.3) is 0 Å². The summed E-state index contributed by atoms with van der Waals surface area (Å²) in [5.41, 5.74) is 0.